The van der Waals surface area contributed by atoms with Gasteiger partial charge in [0.1, 0.15) is 5.82 Å². The van der Waals surface area contributed by atoms with Crippen molar-refractivity contribution in [2.24, 2.45) is 7.05 Å². The number of aromatic nitrogens is 3. The lowest BCUT2D eigenvalue weighted by atomic mass is 10.1. The summed E-state index contributed by atoms with van der Waals surface area (Å²) in [7, 11) is 1.90. The molecular formula is C7H11N3S2. The SMILES string of the molecule is Cn1[nH]c(C2CCSC2)nc1=S. The fourth-order valence-corrected chi connectivity index (χ4v) is 2.73. The maximum absolute atomic E-state index is 5.02. The molecule has 2 rings (SSSR count). The zero-order valence-electron chi connectivity index (χ0n) is 6.91. The summed E-state index contributed by atoms with van der Waals surface area (Å²) in [5.74, 6) is 4.09. The van der Waals surface area contributed by atoms with E-state index in [1.807, 2.05) is 18.8 Å². The number of nitrogens with zero attached hydrogens (tertiary/aromatic N) is 2. The van der Waals surface area contributed by atoms with Crippen LogP contribution < -0.4 is 0 Å². The average molecular weight is 201 g/mol. The monoisotopic (exact) mass is 201 g/mol. The zero-order chi connectivity index (χ0) is 8.55. The van der Waals surface area contributed by atoms with E-state index in [-0.39, 0.29) is 0 Å². The van der Waals surface area contributed by atoms with Crippen LogP contribution in [0.3, 0.4) is 0 Å². The molecule has 1 atom stereocenters. The van der Waals surface area contributed by atoms with Crippen molar-refractivity contribution in [3.05, 3.63) is 10.6 Å². The number of aryl methyl sites for hydroxylation is 1. The van der Waals surface area contributed by atoms with E-state index >= 15 is 0 Å². The summed E-state index contributed by atoms with van der Waals surface area (Å²) in [6, 6.07) is 0. The van der Waals surface area contributed by atoms with Gasteiger partial charge in [-0.05, 0) is 24.4 Å². The maximum Gasteiger partial charge on any atom is 0.215 e. The van der Waals surface area contributed by atoms with E-state index in [0.29, 0.717) is 10.7 Å². The van der Waals surface area contributed by atoms with E-state index in [9.17, 15) is 0 Å². The van der Waals surface area contributed by atoms with Crippen LogP contribution in [0.15, 0.2) is 0 Å². The summed E-state index contributed by atoms with van der Waals surface area (Å²) < 4.78 is 2.45. The summed E-state index contributed by atoms with van der Waals surface area (Å²) in [6.07, 6.45) is 1.23. The Morgan fingerprint density at radius 1 is 1.75 bits per heavy atom. The standard InChI is InChI=1S/C7H11N3S2/c1-10-7(11)8-6(9-10)5-2-3-12-4-5/h5H,2-4H2,1H3,(H,8,9,11). The highest BCUT2D eigenvalue weighted by Crippen LogP contribution is 2.29. The first kappa shape index (κ1) is 8.31. The molecule has 0 radical (unpaired) electrons. The van der Waals surface area contributed by atoms with E-state index < -0.39 is 0 Å². The van der Waals surface area contributed by atoms with Gasteiger partial charge in [-0.2, -0.15) is 11.8 Å². The lowest BCUT2D eigenvalue weighted by molar-refractivity contribution is 0.680. The van der Waals surface area contributed by atoms with Gasteiger partial charge < -0.3 is 0 Å². The topological polar surface area (TPSA) is 33.6 Å². The molecule has 1 aromatic rings. The highest BCUT2D eigenvalue weighted by molar-refractivity contribution is 7.99. The molecule has 1 aliphatic heterocycles. The Balaban J connectivity index is 2.27. The molecule has 3 nitrogen and oxygen atoms in total. The van der Waals surface area contributed by atoms with E-state index in [4.69, 9.17) is 12.2 Å². The summed E-state index contributed by atoms with van der Waals surface area (Å²) in [5, 5.41) is 3.17. The van der Waals surface area contributed by atoms with Crippen molar-refractivity contribution in [3.8, 4) is 0 Å². The van der Waals surface area contributed by atoms with Crippen LogP contribution in [0.5, 0.6) is 0 Å². The lowest BCUT2D eigenvalue weighted by Gasteiger charge is -2.01. The summed E-state index contributed by atoms with van der Waals surface area (Å²) >= 11 is 7.01. The van der Waals surface area contributed by atoms with Crippen molar-refractivity contribution in [2.45, 2.75) is 12.3 Å². The van der Waals surface area contributed by atoms with Crippen LogP contribution in [0.1, 0.15) is 18.2 Å². The number of H-pyrrole nitrogens is 1. The van der Waals surface area contributed by atoms with Crippen LogP contribution in [-0.4, -0.2) is 26.3 Å². The molecule has 66 valence electrons. The number of hydrogen-bond acceptors (Lipinski definition) is 3. The Hall–Kier alpha value is -0.290. The Kier molecular flexibility index (Phi) is 2.23. The number of thioether (sulfide) groups is 1. The smallest absolute Gasteiger partial charge is 0.215 e. The second-order valence-corrected chi connectivity index (χ2v) is 4.53. The Bertz CT molecular complexity index is 322. The van der Waals surface area contributed by atoms with E-state index in [2.05, 4.69) is 10.1 Å². The molecule has 0 aliphatic carbocycles. The lowest BCUT2D eigenvalue weighted by Crippen LogP contribution is -2.00. The molecular weight excluding hydrogens is 190 g/mol. The van der Waals surface area contributed by atoms with Gasteiger partial charge in [-0.1, -0.05) is 0 Å². The molecule has 1 aromatic heterocycles. The largest absolute Gasteiger partial charge is 0.283 e. The van der Waals surface area contributed by atoms with Gasteiger partial charge in [-0.15, -0.1) is 0 Å². The van der Waals surface area contributed by atoms with Crippen molar-refractivity contribution >= 4 is 24.0 Å². The summed E-state index contributed by atoms with van der Waals surface area (Å²) in [4.78, 5) is 4.30. The highest BCUT2D eigenvalue weighted by atomic mass is 32.2. The molecule has 1 aliphatic rings. The summed E-state index contributed by atoms with van der Waals surface area (Å²) in [5.41, 5.74) is 0. The molecule has 2 heterocycles. The Labute approximate surface area is 80.6 Å². The van der Waals surface area contributed by atoms with Crippen molar-refractivity contribution in [1.29, 1.82) is 0 Å². The zero-order valence-corrected chi connectivity index (χ0v) is 8.54. The third-order valence-electron chi connectivity index (χ3n) is 2.10. The number of aromatic amines is 1. The minimum Gasteiger partial charge on any atom is -0.283 e. The van der Waals surface area contributed by atoms with Gasteiger partial charge in [-0.25, -0.2) is 4.98 Å². The van der Waals surface area contributed by atoms with Crippen molar-refractivity contribution in [2.75, 3.05) is 11.5 Å². The molecule has 12 heavy (non-hydrogen) atoms. The van der Waals surface area contributed by atoms with Gasteiger partial charge in [0.05, 0.1) is 0 Å². The predicted molar refractivity (Wildman–Crippen MR) is 53.1 cm³/mol. The first-order valence-corrected chi connectivity index (χ1v) is 5.54. The van der Waals surface area contributed by atoms with Crippen LogP contribution >= 0.6 is 24.0 Å². The summed E-state index contributed by atoms with van der Waals surface area (Å²) in [6.45, 7) is 0. The van der Waals surface area contributed by atoms with Gasteiger partial charge in [-0.3, -0.25) is 9.78 Å². The fourth-order valence-electron chi connectivity index (χ4n) is 1.36. The van der Waals surface area contributed by atoms with Gasteiger partial charge in [0, 0.05) is 18.7 Å². The first-order chi connectivity index (χ1) is 5.77. The van der Waals surface area contributed by atoms with Crippen molar-refractivity contribution < 1.29 is 0 Å². The van der Waals surface area contributed by atoms with Gasteiger partial charge in [0.2, 0.25) is 4.77 Å². The number of hydrogen-bond donors (Lipinski definition) is 1. The van der Waals surface area contributed by atoms with Crippen LogP contribution in [0.4, 0.5) is 0 Å². The molecule has 0 bridgehead atoms. The molecule has 1 unspecified atom stereocenters. The van der Waals surface area contributed by atoms with E-state index in [0.717, 1.165) is 5.82 Å². The highest BCUT2D eigenvalue weighted by Gasteiger charge is 2.20. The first-order valence-electron chi connectivity index (χ1n) is 3.98. The predicted octanol–water partition coefficient (Wildman–Crippen LogP) is 1.70. The Morgan fingerprint density at radius 2 is 2.58 bits per heavy atom. The van der Waals surface area contributed by atoms with Crippen LogP contribution in [-0.2, 0) is 7.05 Å². The average Bonchev–Trinajstić information content (AvgIpc) is 2.61. The minimum atomic E-state index is 0.595. The van der Waals surface area contributed by atoms with Crippen LogP contribution in [0.25, 0.3) is 0 Å². The van der Waals surface area contributed by atoms with Gasteiger partial charge in [0.15, 0.2) is 0 Å². The van der Waals surface area contributed by atoms with Crippen LogP contribution in [0.2, 0.25) is 0 Å². The molecule has 1 saturated heterocycles. The van der Waals surface area contributed by atoms with Crippen molar-refractivity contribution in [1.82, 2.24) is 14.8 Å². The van der Waals surface area contributed by atoms with E-state index in [1.165, 1.54) is 17.9 Å². The number of nitrogens with one attached hydrogen (secondary N) is 1. The molecule has 5 heteroatoms. The van der Waals surface area contributed by atoms with E-state index in [1.54, 1.807) is 4.68 Å². The molecule has 1 fully saturated rings. The molecule has 0 saturated carbocycles. The van der Waals surface area contributed by atoms with Gasteiger partial charge in [0.25, 0.3) is 0 Å². The second-order valence-electron chi connectivity index (χ2n) is 3.01. The van der Waals surface area contributed by atoms with Crippen LogP contribution in [0, 0.1) is 4.77 Å². The maximum atomic E-state index is 5.02. The normalized spacial score (nSPS) is 23.2. The quantitative estimate of drug-likeness (QED) is 0.702. The fraction of sp³-hybridized carbons (Fsp3) is 0.714. The second kappa shape index (κ2) is 3.22. The number of rotatable bonds is 1. The van der Waals surface area contributed by atoms with Crippen molar-refractivity contribution in [3.63, 3.8) is 0 Å². The third kappa shape index (κ3) is 1.43. The molecule has 0 spiro atoms. The third-order valence-corrected chi connectivity index (χ3v) is 3.63. The minimum absolute atomic E-state index is 0.595. The molecule has 0 amide bonds. The van der Waals surface area contributed by atoms with Gasteiger partial charge >= 0.3 is 0 Å². The Morgan fingerprint density at radius 3 is 3.08 bits per heavy atom. The molecule has 0 aromatic carbocycles. The molecule has 1 N–H and O–H groups in total.